The molecule has 0 aliphatic heterocycles. The molecule has 7 N–H and O–H groups in total. The molecule has 0 fully saturated rings. The van der Waals surface area contributed by atoms with Crippen molar-refractivity contribution >= 4 is 11.9 Å². The maximum absolute atomic E-state index is 10.2. The molecule has 3 rings (SSSR count). The van der Waals surface area contributed by atoms with Crippen molar-refractivity contribution in [1.82, 2.24) is 29.9 Å². The van der Waals surface area contributed by atoms with Crippen LogP contribution in [0.3, 0.4) is 0 Å². The monoisotopic (exact) mass is 341 g/mol. The summed E-state index contributed by atoms with van der Waals surface area (Å²) < 4.78 is 0. The van der Waals surface area contributed by atoms with Crippen LogP contribution in [0.4, 0.5) is 11.9 Å². The van der Waals surface area contributed by atoms with Gasteiger partial charge in [0.1, 0.15) is 0 Å². The van der Waals surface area contributed by atoms with Gasteiger partial charge in [0.05, 0.1) is 11.6 Å². The predicted octanol–water partition coefficient (Wildman–Crippen LogP) is -1.67. The van der Waals surface area contributed by atoms with Crippen molar-refractivity contribution in [3.63, 3.8) is 0 Å². The van der Waals surface area contributed by atoms with Gasteiger partial charge in [-0.2, -0.15) is 20.2 Å². The van der Waals surface area contributed by atoms with E-state index >= 15 is 0 Å². The number of hydrogen-bond donors (Lipinski definition) is 5. The number of nitrogens with two attached hydrogens (primary N) is 2. The van der Waals surface area contributed by atoms with Crippen molar-refractivity contribution in [2.24, 2.45) is 0 Å². The standard InChI is InChI=1S/C10H8N6.C3H3N3O3/c11-5-6-3-1-2-4-7(6)8-14-9(12)16-10(13)15-8;7-1-4-2(8)6-3(9)5-1/h1-4H,(H4,12,13,14,15,16);(H3,4,5,6,7,8,9). The Balaban J connectivity index is 0.000000212. The molecule has 25 heavy (non-hydrogen) atoms. The van der Waals surface area contributed by atoms with Gasteiger partial charge in [-0.25, -0.2) is 14.4 Å². The molecule has 1 aromatic carbocycles. The van der Waals surface area contributed by atoms with Gasteiger partial charge in [0.25, 0.3) is 0 Å². The van der Waals surface area contributed by atoms with E-state index in [0.29, 0.717) is 17.0 Å². The molecule has 0 spiro atoms. The van der Waals surface area contributed by atoms with Crippen LogP contribution in [0.1, 0.15) is 5.56 Å². The first-order chi connectivity index (χ1) is 11.9. The lowest BCUT2D eigenvalue weighted by Gasteiger charge is -2.03. The normalized spacial score (nSPS) is 9.56. The van der Waals surface area contributed by atoms with Gasteiger partial charge in [0.2, 0.25) is 11.9 Å². The Morgan fingerprint density at radius 2 is 1.32 bits per heavy atom. The van der Waals surface area contributed by atoms with Gasteiger partial charge in [-0.1, -0.05) is 12.1 Å². The van der Waals surface area contributed by atoms with Crippen LogP contribution in [0.15, 0.2) is 38.6 Å². The van der Waals surface area contributed by atoms with E-state index in [9.17, 15) is 14.4 Å². The molecule has 0 bridgehead atoms. The molecule has 2 heterocycles. The minimum atomic E-state index is -0.802. The molecule has 3 aromatic rings. The fraction of sp³-hybridized carbons (Fsp3) is 0. The molecule has 0 unspecified atom stereocenters. The van der Waals surface area contributed by atoms with E-state index in [1.54, 1.807) is 39.2 Å². The van der Waals surface area contributed by atoms with Crippen molar-refractivity contribution in [2.45, 2.75) is 0 Å². The zero-order chi connectivity index (χ0) is 18.4. The summed E-state index contributed by atoms with van der Waals surface area (Å²) in [6.07, 6.45) is 0. The number of aromatic nitrogens is 6. The number of anilines is 2. The number of hydrogen-bond acceptors (Lipinski definition) is 9. The molecule has 0 saturated carbocycles. The first kappa shape index (κ1) is 17.1. The third-order valence-electron chi connectivity index (χ3n) is 2.64. The Morgan fingerprint density at radius 1 is 0.840 bits per heavy atom. The molecule has 0 aliphatic carbocycles. The number of nitrogens with one attached hydrogen (secondary N) is 3. The second kappa shape index (κ2) is 7.33. The van der Waals surface area contributed by atoms with Gasteiger partial charge in [0.15, 0.2) is 5.82 Å². The summed E-state index contributed by atoms with van der Waals surface area (Å²) in [7, 11) is 0. The lowest BCUT2D eigenvalue weighted by molar-refractivity contribution is 0.888. The third-order valence-corrected chi connectivity index (χ3v) is 2.64. The highest BCUT2D eigenvalue weighted by atomic mass is 16.2. The Morgan fingerprint density at radius 3 is 1.80 bits per heavy atom. The van der Waals surface area contributed by atoms with E-state index in [0.717, 1.165) is 0 Å². The number of aromatic amines is 3. The molecule has 126 valence electrons. The quantitative estimate of drug-likeness (QED) is 0.341. The van der Waals surface area contributed by atoms with Crippen LogP contribution >= 0.6 is 0 Å². The molecule has 0 radical (unpaired) electrons. The Bertz CT molecular complexity index is 1010. The first-order valence-corrected chi connectivity index (χ1v) is 6.58. The SMILES string of the molecule is N#Cc1ccccc1-c1nc(N)nc(N)n1.O=c1[nH]c(=O)[nH]c(=O)[nH]1. The van der Waals surface area contributed by atoms with E-state index in [1.807, 2.05) is 0 Å². The Labute approximate surface area is 138 Å². The first-order valence-electron chi connectivity index (χ1n) is 6.58. The lowest BCUT2D eigenvalue weighted by Crippen LogP contribution is -2.34. The van der Waals surface area contributed by atoms with Gasteiger partial charge >= 0.3 is 17.1 Å². The summed E-state index contributed by atoms with van der Waals surface area (Å²) in [5.41, 5.74) is 9.57. The molecule has 0 atom stereocenters. The fourth-order valence-corrected chi connectivity index (χ4v) is 1.71. The second-order valence-electron chi connectivity index (χ2n) is 4.40. The number of nitriles is 1. The summed E-state index contributed by atoms with van der Waals surface area (Å²) in [6, 6.07) is 9.00. The number of rotatable bonds is 1. The molecule has 0 aliphatic rings. The third kappa shape index (κ3) is 4.60. The zero-order valence-corrected chi connectivity index (χ0v) is 12.5. The number of nitrogen functional groups attached to an aromatic ring is 2. The zero-order valence-electron chi connectivity index (χ0n) is 12.5. The molecular weight excluding hydrogens is 330 g/mol. The average Bonchev–Trinajstić information content (AvgIpc) is 2.53. The topological polar surface area (TPSA) is 213 Å². The van der Waals surface area contributed by atoms with Crippen LogP contribution in [-0.4, -0.2) is 29.9 Å². The van der Waals surface area contributed by atoms with E-state index in [2.05, 4.69) is 21.0 Å². The Hall–Kier alpha value is -4.27. The molecule has 0 amide bonds. The van der Waals surface area contributed by atoms with Crippen LogP contribution in [-0.2, 0) is 0 Å². The van der Waals surface area contributed by atoms with Crippen LogP contribution in [0.2, 0.25) is 0 Å². The van der Waals surface area contributed by atoms with Crippen LogP contribution in [0.25, 0.3) is 11.4 Å². The van der Waals surface area contributed by atoms with Crippen molar-refractivity contribution in [3.05, 3.63) is 61.3 Å². The fourth-order valence-electron chi connectivity index (χ4n) is 1.71. The highest BCUT2D eigenvalue weighted by Crippen LogP contribution is 2.20. The average molecular weight is 341 g/mol. The maximum atomic E-state index is 10.2. The van der Waals surface area contributed by atoms with Crippen molar-refractivity contribution in [2.75, 3.05) is 11.5 Å². The predicted molar refractivity (Wildman–Crippen MR) is 87.1 cm³/mol. The molecular formula is C13H11N9O3. The minimum absolute atomic E-state index is 0.0373. The van der Waals surface area contributed by atoms with Gasteiger partial charge in [-0.15, -0.1) is 0 Å². The van der Waals surface area contributed by atoms with Crippen molar-refractivity contribution in [1.29, 1.82) is 5.26 Å². The van der Waals surface area contributed by atoms with Gasteiger partial charge in [0, 0.05) is 5.56 Å². The van der Waals surface area contributed by atoms with Gasteiger partial charge in [-0.05, 0) is 12.1 Å². The lowest BCUT2D eigenvalue weighted by atomic mass is 10.1. The molecule has 0 saturated heterocycles. The highest BCUT2D eigenvalue weighted by Gasteiger charge is 2.08. The number of benzene rings is 1. The van der Waals surface area contributed by atoms with E-state index in [4.69, 9.17) is 16.7 Å². The number of H-pyrrole nitrogens is 3. The molecule has 12 nitrogen and oxygen atoms in total. The minimum Gasteiger partial charge on any atom is -0.368 e. The summed E-state index contributed by atoms with van der Waals surface area (Å²) in [6.45, 7) is 0. The van der Waals surface area contributed by atoms with Crippen LogP contribution < -0.4 is 28.5 Å². The van der Waals surface area contributed by atoms with Crippen molar-refractivity contribution in [3.8, 4) is 17.5 Å². The van der Waals surface area contributed by atoms with Crippen molar-refractivity contribution < 1.29 is 0 Å². The molecule has 12 heteroatoms. The summed E-state index contributed by atoms with van der Waals surface area (Å²) in [5, 5.41) is 8.93. The second-order valence-corrected chi connectivity index (χ2v) is 4.40. The summed E-state index contributed by atoms with van der Waals surface area (Å²) in [5.74, 6) is 0.382. The molecule has 2 aromatic heterocycles. The largest absolute Gasteiger partial charge is 0.368 e. The summed E-state index contributed by atoms with van der Waals surface area (Å²) in [4.78, 5) is 47.4. The summed E-state index contributed by atoms with van der Waals surface area (Å²) >= 11 is 0. The van der Waals surface area contributed by atoms with Crippen LogP contribution in [0.5, 0.6) is 0 Å². The Kier molecular flexibility index (Phi) is 5.01. The smallest absolute Gasteiger partial charge is 0.330 e. The van der Waals surface area contributed by atoms with Gasteiger partial charge < -0.3 is 11.5 Å². The maximum Gasteiger partial charge on any atom is 0.330 e. The van der Waals surface area contributed by atoms with E-state index in [1.165, 1.54) is 0 Å². The number of nitrogens with zero attached hydrogens (tertiary/aromatic N) is 4. The van der Waals surface area contributed by atoms with Crippen LogP contribution in [0, 0.1) is 11.3 Å². The van der Waals surface area contributed by atoms with E-state index < -0.39 is 17.1 Å². The van der Waals surface area contributed by atoms with E-state index in [-0.39, 0.29) is 11.9 Å². The highest BCUT2D eigenvalue weighted by molar-refractivity contribution is 5.65. The van der Waals surface area contributed by atoms with Gasteiger partial charge in [-0.3, -0.25) is 15.0 Å².